The molecule has 2 rings (SSSR count). The molecule has 0 aliphatic carbocycles. The maximum absolute atomic E-state index is 13.7. The molecule has 2 amide bonds. The Bertz CT molecular complexity index is 511. The summed E-state index contributed by atoms with van der Waals surface area (Å²) in [6.45, 7) is 1.46. The summed E-state index contributed by atoms with van der Waals surface area (Å²) in [6.07, 6.45) is 0. The fourth-order valence-corrected chi connectivity index (χ4v) is 2.52. The lowest BCUT2D eigenvalue weighted by atomic mass is 10.1. The molecule has 0 saturated carbocycles. The number of nitrogens with zero attached hydrogens (tertiary/aromatic N) is 2. The van der Waals surface area contributed by atoms with Crippen LogP contribution in [0.5, 0.6) is 0 Å². The van der Waals surface area contributed by atoms with E-state index in [1.165, 1.54) is 23.1 Å². The van der Waals surface area contributed by atoms with Crippen LogP contribution in [0.25, 0.3) is 0 Å². The van der Waals surface area contributed by atoms with Crippen molar-refractivity contribution in [3.8, 4) is 0 Å². The summed E-state index contributed by atoms with van der Waals surface area (Å²) in [5.74, 6) is -1.33. The van der Waals surface area contributed by atoms with Crippen molar-refractivity contribution in [1.82, 2.24) is 9.80 Å². The summed E-state index contributed by atoms with van der Waals surface area (Å²) in [5.41, 5.74) is -0.119. The van der Waals surface area contributed by atoms with Gasteiger partial charge < -0.3 is 9.80 Å². The van der Waals surface area contributed by atoms with E-state index >= 15 is 0 Å². The highest BCUT2D eigenvalue weighted by Crippen LogP contribution is 2.21. The number of halogens is 3. The van der Waals surface area contributed by atoms with E-state index in [1.807, 2.05) is 0 Å². The molecule has 1 aliphatic heterocycles. The van der Waals surface area contributed by atoms with Crippen LogP contribution in [-0.2, 0) is 4.79 Å². The average molecular weight is 319 g/mol. The highest BCUT2D eigenvalue weighted by Gasteiger charge is 2.27. The van der Waals surface area contributed by atoms with Gasteiger partial charge in [-0.1, -0.05) is 17.7 Å². The van der Waals surface area contributed by atoms with Gasteiger partial charge in [-0.15, -0.1) is 11.6 Å². The van der Waals surface area contributed by atoms with E-state index in [1.54, 1.807) is 4.90 Å². The third-order valence-corrected chi connectivity index (χ3v) is 3.75. The van der Waals surface area contributed by atoms with Crippen molar-refractivity contribution in [3.63, 3.8) is 0 Å². The minimum atomic E-state index is -0.637. The van der Waals surface area contributed by atoms with Crippen molar-refractivity contribution in [2.75, 3.05) is 32.1 Å². The zero-order chi connectivity index (χ0) is 14.7. The van der Waals surface area contributed by atoms with Crippen molar-refractivity contribution < 1.29 is 14.0 Å². The second-order valence-corrected chi connectivity index (χ2v) is 5.08. The zero-order valence-electron chi connectivity index (χ0n) is 10.6. The Morgan fingerprint density at radius 2 is 1.75 bits per heavy atom. The first-order valence-corrected chi connectivity index (χ1v) is 7.03. The lowest BCUT2D eigenvalue weighted by Gasteiger charge is -2.34. The predicted molar refractivity (Wildman–Crippen MR) is 74.6 cm³/mol. The van der Waals surface area contributed by atoms with Crippen LogP contribution in [-0.4, -0.2) is 53.7 Å². The van der Waals surface area contributed by atoms with E-state index in [2.05, 4.69) is 0 Å². The molecule has 0 unspecified atom stereocenters. The molecule has 1 aromatic carbocycles. The van der Waals surface area contributed by atoms with Gasteiger partial charge in [0.05, 0.1) is 10.6 Å². The monoisotopic (exact) mass is 318 g/mol. The van der Waals surface area contributed by atoms with Crippen LogP contribution in [0.2, 0.25) is 5.02 Å². The van der Waals surface area contributed by atoms with Crippen molar-refractivity contribution in [2.24, 2.45) is 0 Å². The summed E-state index contributed by atoms with van der Waals surface area (Å²) in [6, 6.07) is 4.13. The van der Waals surface area contributed by atoms with E-state index in [0.717, 1.165) is 0 Å². The van der Waals surface area contributed by atoms with Gasteiger partial charge in [0.1, 0.15) is 11.7 Å². The van der Waals surface area contributed by atoms with Crippen LogP contribution in [0.4, 0.5) is 4.39 Å². The lowest BCUT2D eigenvalue weighted by molar-refractivity contribution is -0.129. The van der Waals surface area contributed by atoms with Crippen LogP contribution in [0.15, 0.2) is 18.2 Å². The fraction of sp³-hybridized carbons (Fsp3) is 0.385. The SMILES string of the molecule is O=C(CCl)N1CCN(C(=O)c2c(F)cccc2Cl)CC1. The molecule has 1 saturated heterocycles. The number of hydrogen-bond donors (Lipinski definition) is 0. The number of benzene rings is 1. The molecule has 1 fully saturated rings. The molecule has 1 aliphatic rings. The molecule has 7 heteroatoms. The van der Waals surface area contributed by atoms with Gasteiger partial charge in [0.2, 0.25) is 5.91 Å². The number of hydrogen-bond acceptors (Lipinski definition) is 2. The number of carbonyl (C=O) groups excluding carboxylic acids is 2. The van der Waals surface area contributed by atoms with Crippen LogP contribution in [0.3, 0.4) is 0 Å². The normalized spacial score (nSPS) is 15.3. The quantitative estimate of drug-likeness (QED) is 0.783. The number of piperazine rings is 1. The van der Waals surface area contributed by atoms with Crippen molar-refractivity contribution in [2.45, 2.75) is 0 Å². The van der Waals surface area contributed by atoms with Crippen molar-refractivity contribution in [3.05, 3.63) is 34.6 Å². The van der Waals surface area contributed by atoms with Crippen LogP contribution >= 0.6 is 23.2 Å². The zero-order valence-corrected chi connectivity index (χ0v) is 12.1. The van der Waals surface area contributed by atoms with Crippen LogP contribution < -0.4 is 0 Å². The lowest BCUT2D eigenvalue weighted by Crippen LogP contribution is -2.51. The Balaban J connectivity index is 2.07. The van der Waals surface area contributed by atoms with Gasteiger partial charge in [-0.05, 0) is 12.1 Å². The first kappa shape index (κ1) is 15.1. The predicted octanol–water partition coefficient (Wildman–Crippen LogP) is 2.00. The molecular formula is C13H13Cl2FN2O2. The van der Waals surface area contributed by atoms with Crippen LogP contribution in [0.1, 0.15) is 10.4 Å². The molecule has 20 heavy (non-hydrogen) atoms. The Labute approximate surface area is 126 Å². The van der Waals surface area contributed by atoms with E-state index < -0.39 is 11.7 Å². The topological polar surface area (TPSA) is 40.6 Å². The molecule has 0 N–H and O–H groups in total. The minimum absolute atomic E-state index is 0.0763. The first-order chi connectivity index (χ1) is 9.54. The molecule has 0 radical (unpaired) electrons. The van der Waals surface area contributed by atoms with Gasteiger partial charge in [-0.3, -0.25) is 9.59 Å². The summed E-state index contributed by atoms with van der Waals surface area (Å²) in [5, 5.41) is 0.0919. The molecule has 0 aromatic heterocycles. The van der Waals surface area contributed by atoms with Gasteiger partial charge in [-0.25, -0.2) is 4.39 Å². The molecule has 0 atom stereocenters. The van der Waals surface area contributed by atoms with E-state index in [-0.39, 0.29) is 22.4 Å². The molecule has 108 valence electrons. The molecule has 1 aromatic rings. The Morgan fingerprint density at radius 1 is 1.15 bits per heavy atom. The number of carbonyl (C=O) groups is 2. The summed E-state index contributed by atoms with van der Waals surface area (Å²) in [7, 11) is 0. The third kappa shape index (κ3) is 3.04. The van der Waals surface area contributed by atoms with Gasteiger partial charge in [0.15, 0.2) is 0 Å². The van der Waals surface area contributed by atoms with Gasteiger partial charge in [0, 0.05) is 26.2 Å². The number of amides is 2. The van der Waals surface area contributed by atoms with E-state index in [4.69, 9.17) is 23.2 Å². The molecular weight excluding hydrogens is 306 g/mol. The Hall–Kier alpha value is -1.33. The molecule has 1 heterocycles. The standard InChI is InChI=1S/C13H13Cl2FN2O2/c14-8-11(19)17-4-6-18(7-5-17)13(20)12-9(15)2-1-3-10(12)16/h1-3H,4-8H2. The maximum atomic E-state index is 13.7. The van der Waals surface area contributed by atoms with Gasteiger partial charge in [-0.2, -0.15) is 0 Å². The van der Waals surface area contributed by atoms with E-state index in [0.29, 0.717) is 26.2 Å². The molecule has 0 spiro atoms. The second-order valence-electron chi connectivity index (χ2n) is 4.40. The minimum Gasteiger partial charge on any atom is -0.338 e. The summed E-state index contributed by atoms with van der Waals surface area (Å²) >= 11 is 11.4. The van der Waals surface area contributed by atoms with Crippen molar-refractivity contribution in [1.29, 1.82) is 0 Å². The smallest absolute Gasteiger partial charge is 0.258 e. The summed E-state index contributed by atoms with van der Waals surface area (Å²) in [4.78, 5) is 26.8. The van der Waals surface area contributed by atoms with Crippen molar-refractivity contribution >= 4 is 35.0 Å². The summed E-state index contributed by atoms with van der Waals surface area (Å²) < 4.78 is 13.7. The number of rotatable bonds is 2. The Kier molecular flexibility index (Phi) is 4.83. The number of alkyl halides is 1. The molecule has 0 bridgehead atoms. The Morgan fingerprint density at radius 3 is 2.30 bits per heavy atom. The average Bonchev–Trinajstić information content (AvgIpc) is 2.46. The first-order valence-electron chi connectivity index (χ1n) is 6.11. The van der Waals surface area contributed by atoms with Gasteiger partial charge >= 0.3 is 0 Å². The van der Waals surface area contributed by atoms with Crippen LogP contribution in [0, 0.1) is 5.82 Å². The maximum Gasteiger partial charge on any atom is 0.258 e. The second kappa shape index (κ2) is 6.41. The highest BCUT2D eigenvalue weighted by atomic mass is 35.5. The highest BCUT2D eigenvalue weighted by molar-refractivity contribution is 6.33. The fourth-order valence-electron chi connectivity index (χ4n) is 2.10. The molecule has 4 nitrogen and oxygen atoms in total. The van der Waals surface area contributed by atoms with E-state index in [9.17, 15) is 14.0 Å². The third-order valence-electron chi connectivity index (χ3n) is 3.21. The van der Waals surface area contributed by atoms with Gasteiger partial charge in [0.25, 0.3) is 5.91 Å². The largest absolute Gasteiger partial charge is 0.338 e.